The molecule has 1 aliphatic carbocycles. The zero-order valence-corrected chi connectivity index (χ0v) is 82.6. The van der Waals surface area contributed by atoms with E-state index in [1.165, 1.54) is 16.5 Å². The average Bonchev–Trinajstić information content (AvgIpc) is 1.07. The molecule has 698 valence electrons. The van der Waals surface area contributed by atoms with E-state index in [0.717, 1.165) is 119 Å². The summed E-state index contributed by atoms with van der Waals surface area (Å²) in [6.07, 6.45) is 11.9. The van der Waals surface area contributed by atoms with Gasteiger partial charge in [-0.2, -0.15) is 0 Å². The fraction of sp³-hybridized carbons (Fsp3) is 0.532. The van der Waals surface area contributed by atoms with Crippen molar-refractivity contribution in [3.8, 4) is 23.0 Å². The number of carbonyl (C=O) groups is 8. The summed E-state index contributed by atoms with van der Waals surface area (Å²) in [5.41, 5.74) is 15.5. The van der Waals surface area contributed by atoms with E-state index in [9.17, 15) is 48.6 Å². The van der Waals surface area contributed by atoms with Crippen molar-refractivity contribution in [2.45, 2.75) is 234 Å². The lowest BCUT2D eigenvalue weighted by Gasteiger charge is -2.43. The summed E-state index contributed by atoms with van der Waals surface area (Å²) in [4.78, 5) is 113. The monoisotopic (exact) mass is 2040 g/mol. The number of carboxylic acids is 1. The summed E-state index contributed by atoms with van der Waals surface area (Å²) in [5, 5.41) is 49.2. The number of carbonyl (C=O) groups excluding carboxylic acids is 7. The molecule has 10 heterocycles. The number of aromatic hydroxyl groups is 1. The van der Waals surface area contributed by atoms with E-state index >= 15 is 0 Å². The van der Waals surface area contributed by atoms with Crippen LogP contribution in [-0.4, -0.2) is 209 Å². The molecular weight excluding hydrogens is 1930 g/mol. The van der Waals surface area contributed by atoms with Crippen molar-refractivity contribution < 1.29 is 72.3 Å². The van der Waals surface area contributed by atoms with Crippen LogP contribution in [0.2, 0.25) is 0 Å². The number of amides is 7. The van der Waals surface area contributed by atoms with Crippen LogP contribution in [0.5, 0.6) is 23.0 Å². The zero-order valence-electron chi connectivity index (χ0n) is 76.3. The van der Waals surface area contributed by atoms with Gasteiger partial charge >= 0.3 is 18.2 Å². The van der Waals surface area contributed by atoms with Crippen LogP contribution in [0.4, 0.5) is 9.59 Å². The summed E-state index contributed by atoms with van der Waals surface area (Å²) in [7, 11) is 0. The average molecular weight is 2050 g/mol. The number of aliphatic carboxylic acids is 1. The highest BCUT2D eigenvalue weighted by atomic mass is 79.9. The van der Waals surface area contributed by atoms with Crippen LogP contribution in [0, 0.1) is 23.7 Å². The molecular formula is C94H119Br4N17O15. The third-order valence-electron chi connectivity index (χ3n) is 24.8. The molecule has 0 bridgehead atoms. The van der Waals surface area contributed by atoms with Gasteiger partial charge in [-0.05, 0) is 224 Å². The van der Waals surface area contributed by atoms with Crippen molar-refractivity contribution in [2.24, 2.45) is 29.4 Å². The van der Waals surface area contributed by atoms with E-state index in [1.54, 1.807) is 65.4 Å². The maximum absolute atomic E-state index is 14.1. The molecule has 8 atom stereocenters. The lowest BCUT2D eigenvalue weighted by Crippen LogP contribution is -2.50. The Labute approximate surface area is 792 Å². The number of fused-ring (bicyclic) bond motifs is 5. The number of imide groups is 1. The summed E-state index contributed by atoms with van der Waals surface area (Å²) in [6, 6.07) is 20.9. The summed E-state index contributed by atoms with van der Waals surface area (Å²) < 4.78 is 39.1. The van der Waals surface area contributed by atoms with Gasteiger partial charge < -0.3 is 59.6 Å². The minimum atomic E-state index is -0.906. The van der Waals surface area contributed by atoms with Gasteiger partial charge in [0.1, 0.15) is 71.1 Å². The first-order valence-corrected chi connectivity index (χ1v) is 48.0. The molecule has 7 amide bonds. The number of aromatic nitrogens is 9. The number of carboxylic acid groups (broad SMARTS) is 1. The molecule has 32 nitrogen and oxygen atoms in total. The minimum absolute atomic E-state index is 0.00747. The van der Waals surface area contributed by atoms with Crippen LogP contribution in [0.3, 0.4) is 0 Å². The molecule has 5 aromatic carbocycles. The molecule has 130 heavy (non-hydrogen) atoms. The van der Waals surface area contributed by atoms with Crippen LogP contribution in [0.15, 0.2) is 109 Å². The Morgan fingerprint density at radius 1 is 0.492 bits per heavy atom. The SMILES string of the molecule is CC(C)(C)OC(=O)N1CCc2c(Br)ccc(O)c2[C@H]1CN1C(=O)c2ccccc2C1=O.CC(C)n1cc(COc2ccc(Br)c3c2[C@@H](CN)N(C(=O)OC(C)(C)C)CC3)nn1.CC1CCN(C[C@@H]2c3c(OCc4cn(C(C)C)nn4)ccc(Br)c3CCN2C(=O)[C@@H]2CCCC[C@@H]2C(=O)O)C1=O.CC1CCN(C[C@H]2NCCc3c(Br)ccc(OCc4cn(C(C)C)nn4)c32)C1=O. The fourth-order valence-corrected chi connectivity index (χ4v) is 20.2. The van der Waals surface area contributed by atoms with Gasteiger partial charge in [0.05, 0.1) is 72.3 Å². The summed E-state index contributed by atoms with van der Waals surface area (Å²) in [6.45, 7) is 32.9. The zero-order chi connectivity index (χ0) is 93.6. The number of ether oxygens (including phenoxy) is 5. The number of hydrogen-bond donors (Lipinski definition) is 4. The Morgan fingerprint density at radius 3 is 1.30 bits per heavy atom. The Hall–Kier alpha value is -9.88. The van der Waals surface area contributed by atoms with Gasteiger partial charge in [0, 0.05) is 122 Å². The molecule has 36 heteroatoms. The third kappa shape index (κ3) is 22.4. The Bertz CT molecular complexity index is 5460. The first-order valence-electron chi connectivity index (χ1n) is 44.8. The van der Waals surface area contributed by atoms with Crippen molar-refractivity contribution in [1.29, 1.82) is 0 Å². The van der Waals surface area contributed by atoms with Crippen molar-refractivity contribution in [3.05, 3.63) is 182 Å². The van der Waals surface area contributed by atoms with Crippen LogP contribution in [0.25, 0.3) is 0 Å². The maximum atomic E-state index is 14.1. The lowest BCUT2D eigenvalue weighted by molar-refractivity contribution is -0.154. The highest BCUT2D eigenvalue weighted by molar-refractivity contribution is 9.11. The van der Waals surface area contributed by atoms with Gasteiger partial charge in [-0.15, -0.1) is 15.3 Å². The number of nitrogens with zero attached hydrogens (tertiary/aromatic N) is 15. The number of rotatable bonds is 21. The smallest absolute Gasteiger partial charge is 0.410 e. The summed E-state index contributed by atoms with van der Waals surface area (Å²) in [5.74, 6) is -0.512. The molecule has 1 saturated carbocycles. The molecule has 0 spiro atoms. The molecule has 7 aliphatic heterocycles. The standard InChI is InChI=1S/C29H38BrN5O5.C23H23BrN2O5.C21H30BrN5O3.C21H28BrN5O2/c1-17(2)35-14-19(31-32-35)16-40-25-9-8-23(30)22-11-13-34(28(37)20-6-4-5-7-21(20)29(38)39)24(26(22)25)15-33-12-10-18(3)27(33)36;1-23(2,3)31-22(30)25-11-10-15-16(24)8-9-18(27)19(15)17(25)12-26-20(28)13-6-4-5-7-14(13)21(26)29;1-13(2)27-11-14(24-25-27)12-29-18-7-6-16(22)15-8-9-26(17(10-23)19(15)18)20(28)30-21(3,4)5;1-13(2)27-10-15(24-25-27)12-29-19-5-4-17(22)16-6-8-23-18(20(16)19)11-26-9-7-14(3)21(26)28/h8-9,14,17-18,20-21,24H,4-7,10-13,15-16H2,1-3H3,(H,38,39);4-9,17,27H,10-12H2,1-3H3;6-7,11,13,17H,8-10,12,23H2,1-5H3;4-5,10,13-14,18,23H,6-9,11-12H2,1-3H3/t18?,20-,21+,24-;2*17-;14?,18-/m1111/s1. The van der Waals surface area contributed by atoms with E-state index in [2.05, 4.69) is 114 Å². The van der Waals surface area contributed by atoms with Crippen LogP contribution in [0.1, 0.15) is 260 Å². The van der Waals surface area contributed by atoms with E-state index in [4.69, 9.17) is 29.4 Å². The first kappa shape index (κ1) is 97.6. The number of benzene rings is 5. The molecule has 2 saturated heterocycles. The number of hydrogen-bond acceptors (Lipinski definition) is 22. The van der Waals surface area contributed by atoms with Crippen molar-refractivity contribution in [1.82, 2.24) is 79.7 Å². The van der Waals surface area contributed by atoms with Gasteiger partial charge in [-0.25, -0.2) is 23.6 Å². The van der Waals surface area contributed by atoms with Crippen molar-refractivity contribution in [3.63, 3.8) is 0 Å². The van der Waals surface area contributed by atoms with Gasteiger partial charge in [0.25, 0.3) is 11.8 Å². The molecule has 3 fully saturated rings. The number of likely N-dealkylation sites (tertiary alicyclic amines) is 2. The second-order valence-electron chi connectivity index (χ2n) is 37.2. The Balaban J connectivity index is 0.000000149. The van der Waals surface area contributed by atoms with Gasteiger partial charge in [0.15, 0.2) is 0 Å². The molecule has 0 radical (unpaired) electrons. The van der Waals surface area contributed by atoms with E-state index in [1.807, 2.05) is 137 Å². The second kappa shape index (κ2) is 41.9. The number of phenolic OH excluding ortho intramolecular Hbond substituents is 1. The predicted octanol–water partition coefficient (Wildman–Crippen LogP) is 15.9. The quantitative estimate of drug-likeness (QED) is 0.0485. The Morgan fingerprint density at radius 2 is 0.885 bits per heavy atom. The van der Waals surface area contributed by atoms with Gasteiger partial charge in [0.2, 0.25) is 17.7 Å². The van der Waals surface area contributed by atoms with Crippen LogP contribution in [-0.2, 0) is 74.2 Å². The van der Waals surface area contributed by atoms with Crippen LogP contribution < -0.4 is 25.3 Å². The van der Waals surface area contributed by atoms with Crippen molar-refractivity contribution >= 4 is 111 Å². The van der Waals surface area contributed by atoms with E-state index < -0.39 is 59.0 Å². The Kier molecular flexibility index (Phi) is 31.5. The highest BCUT2D eigenvalue weighted by Gasteiger charge is 2.47. The van der Waals surface area contributed by atoms with E-state index in [0.29, 0.717) is 112 Å². The maximum Gasteiger partial charge on any atom is 0.410 e. The number of nitrogens with two attached hydrogens (primary N) is 1. The van der Waals surface area contributed by atoms with Crippen molar-refractivity contribution in [2.75, 3.05) is 65.4 Å². The van der Waals surface area contributed by atoms with Crippen LogP contribution >= 0.6 is 63.7 Å². The number of nitrogens with one attached hydrogen (secondary N) is 1. The largest absolute Gasteiger partial charge is 0.508 e. The number of halogens is 4. The lowest BCUT2D eigenvalue weighted by atomic mass is 9.77. The molecule has 16 rings (SSSR count). The first-order chi connectivity index (χ1) is 61.8. The molecule has 5 N–H and O–H groups in total. The molecule has 8 aliphatic rings. The topological polar surface area (TPSA) is 373 Å². The molecule has 3 aromatic heterocycles. The third-order valence-corrected chi connectivity index (χ3v) is 27.8. The van der Waals surface area contributed by atoms with E-state index in [-0.39, 0.29) is 97.9 Å². The number of phenols is 1. The fourth-order valence-electron chi connectivity index (χ4n) is 18.0. The predicted molar refractivity (Wildman–Crippen MR) is 498 cm³/mol. The summed E-state index contributed by atoms with van der Waals surface area (Å²) >= 11 is 14.6. The molecule has 8 aromatic rings. The highest BCUT2D eigenvalue weighted by Crippen LogP contribution is 2.48. The van der Waals surface area contributed by atoms with Gasteiger partial charge in [-0.1, -0.05) is 118 Å². The molecule has 2 unspecified atom stereocenters. The second-order valence-corrected chi connectivity index (χ2v) is 40.6. The normalized spacial score (nSPS) is 20.6. The minimum Gasteiger partial charge on any atom is -0.508 e. The van der Waals surface area contributed by atoms with Gasteiger partial charge in [-0.3, -0.25) is 43.5 Å².